The fourth-order valence-corrected chi connectivity index (χ4v) is 5.09. The number of nitrogens with one attached hydrogen (secondary N) is 1. The molecule has 3 unspecified atom stereocenters. The molecule has 1 amide bonds. The highest BCUT2D eigenvalue weighted by Crippen LogP contribution is 2.33. The molecule has 5 heteroatoms. The Morgan fingerprint density at radius 2 is 1.90 bits per heavy atom. The van der Waals surface area contributed by atoms with Gasteiger partial charge in [0.2, 0.25) is 0 Å². The molecule has 1 N–H and O–H groups in total. The molecule has 0 saturated carbocycles. The number of para-hydroxylation sites is 1. The molecule has 0 radical (unpaired) electrons. The normalized spacial score (nSPS) is 24.5. The molecule has 0 bridgehead atoms. The SMILES string of the molecule is CC1CC(C)CN(CCNC(=O)c2ccoc2CN2c3ccccc3CC2C)C1. The van der Waals surface area contributed by atoms with Gasteiger partial charge in [-0.2, -0.15) is 0 Å². The second-order valence-electron chi connectivity index (χ2n) is 9.03. The molecule has 29 heavy (non-hydrogen) atoms. The summed E-state index contributed by atoms with van der Waals surface area (Å²) in [5, 5.41) is 3.10. The van der Waals surface area contributed by atoms with Crippen molar-refractivity contribution >= 4 is 11.6 Å². The standard InChI is InChI=1S/C24H33N3O2/c1-17-12-18(2)15-26(14-17)10-9-25-24(28)21-8-11-29-23(21)16-27-19(3)13-20-6-4-5-7-22(20)27/h4-8,11,17-19H,9-10,12-16H2,1-3H3,(H,25,28). The van der Waals surface area contributed by atoms with E-state index in [1.165, 1.54) is 17.7 Å². The molecule has 3 heterocycles. The van der Waals surface area contributed by atoms with Crippen LogP contribution in [0.5, 0.6) is 0 Å². The lowest BCUT2D eigenvalue weighted by molar-refractivity contribution is 0.0934. The van der Waals surface area contributed by atoms with E-state index in [9.17, 15) is 4.79 Å². The Bertz CT molecular complexity index is 836. The van der Waals surface area contributed by atoms with Crippen molar-refractivity contribution in [2.45, 2.75) is 46.2 Å². The van der Waals surface area contributed by atoms with E-state index in [0.717, 1.165) is 43.7 Å². The summed E-state index contributed by atoms with van der Waals surface area (Å²) in [6, 6.07) is 10.7. The summed E-state index contributed by atoms with van der Waals surface area (Å²) in [6.45, 7) is 11.3. The largest absolute Gasteiger partial charge is 0.467 e. The van der Waals surface area contributed by atoms with Gasteiger partial charge in [-0.25, -0.2) is 0 Å². The topological polar surface area (TPSA) is 48.7 Å². The molecule has 5 nitrogen and oxygen atoms in total. The highest BCUT2D eigenvalue weighted by Gasteiger charge is 2.28. The first kappa shape index (κ1) is 20.0. The Balaban J connectivity index is 1.35. The zero-order valence-corrected chi connectivity index (χ0v) is 17.9. The monoisotopic (exact) mass is 395 g/mol. The molecule has 2 aromatic rings. The molecule has 2 aliphatic rings. The van der Waals surface area contributed by atoms with E-state index < -0.39 is 0 Å². The molecule has 4 rings (SSSR count). The van der Waals surface area contributed by atoms with E-state index in [2.05, 4.69) is 60.2 Å². The molecule has 0 spiro atoms. The first-order valence-corrected chi connectivity index (χ1v) is 10.9. The summed E-state index contributed by atoms with van der Waals surface area (Å²) in [5.41, 5.74) is 3.26. The van der Waals surface area contributed by atoms with Crippen LogP contribution in [0.3, 0.4) is 0 Å². The second kappa shape index (κ2) is 8.62. The van der Waals surface area contributed by atoms with Gasteiger partial charge in [-0.05, 0) is 49.3 Å². The van der Waals surface area contributed by atoms with Crippen molar-refractivity contribution in [1.29, 1.82) is 0 Å². The van der Waals surface area contributed by atoms with Gasteiger partial charge < -0.3 is 19.5 Å². The van der Waals surface area contributed by atoms with Gasteiger partial charge in [0.05, 0.1) is 18.4 Å². The predicted octanol–water partition coefficient (Wildman–Crippen LogP) is 3.94. The molecule has 1 fully saturated rings. The first-order chi connectivity index (χ1) is 14.0. The third kappa shape index (κ3) is 4.50. The first-order valence-electron chi connectivity index (χ1n) is 10.9. The van der Waals surface area contributed by atoms with Crippen molar-refractivity contribution in [2.24, 2.45) is 11.8 Å². The summed E-state index contributed by atoms with van der Waals surface area (Å²) in [4.78, 5) is 17.6. The quantitative estimate of drug-likeness (QED) is 0.805. The van der Waals surface area contributed by atoms with Crippen molar-refractivity contribution in [3.05, 3.63) is 53.5 Å². The van der Waals surface area contributed by atoms with E-state index in [-0.39, 0.29) is 5.91 Å². The molecular formula is C24H33N3O2. The van der Waals surface area contributed by atoms with Gasteiger partial charge in [-0.1, -0.05) is 32.0 Å². The van der Waals surface area contributed by atoms with Crippen molar-refractivity contribution < 1.29 is 9.21 Å². The van der Waals surface area contributed by atoms with Crippen LogP contribution in [0.15, 0.2) is 41.0 Å². The van der Waals surface area contributed by atoms with Crippen LogP contribution in [-0.2, 0) is 13.0 Å². The number of likely N-dealkylation sites (tertiary alicyclic amines) is 1. The number of fused-ring (bicyclic) bond motifs is 1. The fraction of sp³-hybridized carbons (Fsp3) is 0.542. The zero-order valence-electron chi connectivity index (χ0n) is 17.9. The van der Waals surface area contributed by atoms with Crippen LogP contribution in [0.25, 0.3) is 0 Å². The van der Waals surface area contributed by atoms with Crippen LogP contribution >= 0.6 is 0 Å². The Labute approximate surface area is 174 Å². The molecule has 1 aromatic heterocycles. The molecule has 0 aliphatic carbocycles. The van der Waals surface area contributed by atoms with Crippen molar-refractivity contribution in [3.63, 3.8) is 0 Å². The lowest BCUT2D eigenvalue weighted by atomic mass is 9.92. The number of hydrogen-bond donors (Lipinski definition) is 1. The van der Waals surface area contributed by atoms with Gasteiger partial charge >= 0.3 is 0 Å². The van der Waals surface area contributed by atoms with Crippen LogP contribution in [0.2, 0.25) is 0 Å². The lowest BCUT2D eigenvalue weighted by Gasteiger charge is -2.34. The summed E-state index contributed by atoms with van der Waals surface area (Å²) in [5.74, 6) is 2.18. The number of carbonyl (C=O) groups excluding carboxylic acids is 1. The average Bonchev–Trinajstić information content (AvgIpc) is 3.26. The van der Waals surface area contributed by atoms with Gasteiger partial charge in [0.15, 0.2) is 0 Å². The third-order valence-corrected chi connectivity index (χ3v) is 6.31. The Morgan fingerprint density at radius 1 is 1.14 bits per heavy atom. The van der Waals surface area contributed by atoms with Gasteiger partial charge in [0.25, 0.3) is 5.91 Å². The number of hydrogen-bond acceptors (Lipinski definition) is 4. The molecule has 3 atom stereocenters. The maximum absolute atomic E-state index is 12.8. The maximum atomic E-state index is 12.8. The number of nitrogens with zero attached hydrogens (tertiary/aromatic N) is 2. The maximum Gasteiger partial charge on any atom is 0.254 e. The van der Waals surface area contributed by atoms with Crippen LogP contribution in [-0.4, -0.2) is 43.0 Å². The molecule has 2 aliphatic heterocycles. The number of carbonyl (C=O) groups is 1. The van der Waals surface area contributed by atoms with Crippen LogP contribution in [0.4, 0.5) is 5.69 Å². The molecule has 156 valence electrons. The summed E-state index contributed by atoms with van der Waals surface area (Å²) in [7, 11) is 0. The predicted molar refractivity (Wildman–Crippen MR) is 116 cm³/mol. The van der Waals surface area contributed by atoms with Crippen LogP contribution < -0.4 is 10.2 Å². The number of rotatable bonds is 6. The molecule has 1 saturated heterocycles. The molecular weight excluding hydrogens is 362 g/mol. The van der Waals surface area contributed by atoms with E-state index >= 15 is 0 Å². The Morgan fingerprint density at radius 3 is 2.69 bits per heavy atom. The molecule has 1 aromatic carbocycles. The van der Waals surface area contributed by atoms with Crippen LogP contribution in [0, 0.1) is 11.8 Å². The fourth-order valence-electron chi connectivity index (χ4n) is 5.09. The number of amides is 1. The minimum Gasteiger partial charge on any atom is -0.467 e. The van der Waals surface area contributed by atoms with Gasteiger partial charge in [-0.15, -0.1) is 0 Å². The van der Waals surface area contributed by atoms with E-state index in [4.69, 9.17) is 4.42 Å². The summed E-state index contributed by atoms with van der Waals surface area (Å²) in [6.07, 6.45) is 3.97. The van der Waals surface area contributed by atoms with Crippen molar-refractivity contribution in [1.82, 2.24) is 10.2 Å². The van der Waals surface area contributed by atoms with Crippen molar-refractivity contribution in [3.8, 4) is 0 Å². The number of anilines is 1. The number of piperidine rings is 1. The highest BCUT2D eigenvalue weighted by molar-refractivity contribution is 5.95. The van der Waals surface area contributed by atoms with Gasteiger partial charge in [-0.3, -0.25) is 4.79 Å². The van der Waals surface area contributed by atoms with Gasteiger partial charge in [0, 0.05) is 37.9 Å². The highest BCUT2D eigenvalue weighted by atomic mass is 16.3. The average molecular weight is 396 g/mol. The van der Waals surface area contributed by atoms with E-state index in [1.807, 2.05) is 0 Å². The number of benzene rings is 1. The smallest absolute Gasteiger partial charge is 0.254 e. The lowest BCUT2D eigenvalue weighted by Crippen LogP contribution is -2.43. The summed E-state index contributed by atoms with van der Waals surface area (Å²) < 4.78 is 5.72. The Kier molecular flexibility index (Phi) is 5.95. The Hall–Kier alpha value is -2.27. The van der Waals surface area contributed by atoms with Gasteiger partial charge in [0.1, 0.15) is 5.76 Å². The van der Waals surface area contributed by atoms with Crippen molar-refractivity contribution in [2.75, 3.05) is 31.1 Å². The minimum absolute atomic E-state index is 0.0352. The third-order valence-electron chi connectivity index (χ3n) is 6.31. The summed E-state index contributed by atoms with van der Waals surface area (Å²) >= 11 is 0. The van der Waals surface area contributed by atoms with E-state index in [0.29, 0.717) is 24.7 Å². The van der Waals surface area contributed by atoms with E-state index in [1.54, 1.807) is 12.3 Å². The zero-order chi connectivity index (χ0) is 20.4. The second-order valence-corrected chi connectivity index (χ2v) is 9.03. The minimum atomic E-state index is -0.0352. The van der Waals surface area contributed by atoms with Crippen LogP contribution in [0.1, 0.15) is 48.9 Å². The number of furan rings is 1.